The number of allylic oxidation sites excluding steroid dienone is 4. The zero-order valence-corrected chi connectivity index (χ0v) is 10.8. The SMILES string of the molecule is C/C1=C\CC/C(C=O)=C\[C@@H](O)C/C(C)=C/CC1. The highest BCUT2D eigenvalue weighted by atomic mass is 16.3. The van der Waals surface area contributed by atoms with Crippen molar-refractivity contribution >= 4 is 6.29 Å². The lowest BCUT2D eigenvalue weighted by molar-refractivity contribution is -0.105. The van der Waals surface area contributed by atoms with Crippen molar-refractivity contribution in [1.29, 1.82) is 0 Å². The smallest absolute Gasteiger partial charge is 0.145 e. The predicted molar refractivity (Wildman–Crippen MR) is 70.8 cm³/mol. The fourth-order valence-corrected chi connectivity index (χ4v) is 2.03. The molecule has 0 unspecified atom stereocenters. The van der Waals surface area contributed by atoms with Gasteiger partial charge in [-0.2, -0.15) is 0 Å². The van der Waals surface area contributed by atoms with Crippen LogP contribution in [0, 0.1) is 0 Å². The third-order valence-corrected chi connectivity index (χ3v) is 3.05. The van der Waals surface area contributed by atoms with Crippen LogP contribution in [-0.2, 0) is 4.79 Å². The van der Waals surface area contributed by atoms with E-state index in [-0.39, 0.29) is 0 Å². The molecule has 1 aliphatic rings. The fraction of sp³-hybridized carbons (Fsp3) is 0.533. The van der Waals surface area contributed by atoms with Gasteiger partial charge in [-0.3, -0.25) is 4.79 Å². The number of hydrogen-bond acceptors (Lipinski definition) is 2. The number of carbonyl (C=O) groups excluding carboxylic acids is 1. The van der Waals surface area contributed by atoms with E-state index in [1.54, 1.807) is 6.08 Å². The highest BCUT2D eigenvalue weighted by molar-refractivity contribution is 5.73. The molecular weight excluding hydrogens is 212 g/mol. The summed E-state index contributed by atoms with van der Waals surface area (Å²) in [6, 6.07) is 0. The Hall–Kier alpha value is -1.15. The van der Waals surface area contributed by atoms with Crippen LogP contribution in [0.1, 0.15) is 46.0 Å². The molecular formula is C15H22O2. The molecule has 2 heteroatoms. The molecule has 0 saturated carbocycles. The predicted octanol–water partition coefficient (Wildman–Crippen LogP) is 3.33. The Kier molecular flexibility index (Phi) is 5.92. The van der Waals surface area contributed by atoms with Crippen LogP contribution in [0.4, 0.5) is 0 Å². The molecule has 0 spiro atoms. The summed E-state index contributed by atoms with van der Waals surface area (Å²) < 4.78 is 0. The van der Waals surface area contributed by atoms with E-state index in [1.165, 1.54) is 11.1 Å². The van der Waals surface area contributed by atoms with Crippen molar-refractivity contribution in [2.45, 2.75) is 52.1 Å². The maximum atomic E-state index is 10.9. The summed E-state index contributed by atoms with van der Waals surface area (Å²) in [7, 11) is 0. The third kappa shape index (κ3) is 5.64. The number of carbonyl (C=O) groups is 1. The second-order valence-corrected chi connectivity index (χ2v) is 4.81. The van der Waals surface area contributed by atoms with Crippen molar-refractivity contribution in [3.8, 4) is 0 Å². The minimum Gasteiger partial charge on any atom is -0.389 e. The zero-order valence-electron chi connectivity index (χ0n) is 10.8. The first-order chi connectivity index (χ1) is 8.11. The summed E-state index contributed by atoms with van der Waals surface area (Å²) >= 11 is 0. The van der Waals surface area contributed by atoms with Crippen LogP contribution < -0.4 is 0 Å². The topological polar surface area (TPSA) is 37.3 Å². The summed E-state index contributed by atoms with van der Waals surface area (Å²) in [5.74, 6) is 0. The van der Waals surface area contributed by atoms with E-state index in [0.717, 1.165) is 32.0 Å². The molecule has 0 heterocycles. The molecule has 0 aromatic carbocycles. The van der Waals surface area contributed by atoms with Gasteiger partial charge in [0.05, 0.1) is 6.10 Å². The number of aliphatic hydroxyl groups excluding tert-OH is 1. The van der Waals surface area contributed by atoms with Crippen LogP contribution >= 0.6 is 0 Å². The highest BCUT2D eigenvalue weighted by Crippen LogP contribution is 2.16. The Labute approximate surface area is 104 Å². The average Bonchev–Trinajstić information content (AvgIpc) is 2.26. The van der Waals surface area contributed by atoms with Crippen molar-refractivity contribution in [3.63, 3.8) is 0 Å². The molecule has 1 aliphatic carbocycles. The monoisotopic (exact) mass is 234 g/mol. The van der Waals surface area contributed by atoms with Gasteiger partial charge >= 0.3 is 0 Å². The van der Waals surface area contributed by atoms with Gasteiger partial charge in [0.15, 0.2) is 0 Å². The van der Waals surface area contributed by atoms with Gasteiger partial charge in [0.25, 0.3) is 0 Å². The standard InChI is InChI=1S/C15H22O2/c1-12-5-3-7-13(2)9-15(17)10-14(11-16)8-4-6-12/h6-7,10-11,15,17H,3-5,8-9H2,1-2H3/b12-6+,13-7+,14-10+/t15-/m0/s1. The Balaban J connectivity index is 2.82. The van der Waals surface area contributed by atoms with E-state index in [9.17, 15) is 9.90 Å². The highest BCUT2D eigenvalue weighted by Gasteiger charge is 2.05. The molecule has 0 saturated heterocycles. The first-order valence-electron chi connectivity index (χ1n) is 6.27. The van der Waals surface area contributed by atoms with Crippen LogP contribution in [0.25, 0.3) is 0 Å². The maximum Gasteiger partial charge on any atom is 0.145 e. The lowest BCUT2D eigenvalue weighted by atomic mass is 10.0. The average molecular weight is 234 g/mol. The van der Waals surface area contributed by atoms with Gasteiger partial charge in [-0.25, -0.2) is 0 Å². The van der Waals surface area contributed by atoms with Gasteiger partial charge in [-0.1, -0.05) is 23.3 Å². The molecule has 0 aromatic heterocycles. The molecule has 0 fully saturated rings. The van der Waals surface area contributed by atoms with E-state index in [0.29, 0.717) is 12.0 Å². The second kappa shape index (κ2) is 7.23. The normalized spacial score (nSPS) is 32.9. The molecule has 1 atom stereocenters. The summed E-state index contributed by atoms with van der Waals surface area (Å²) in [6.07, 6.45) is 10.7. The molecule has 2 nitrogen and oxygen atoms in total. The molecule has 0 aliphatic heterocycles. The fourth-order valence-electron chi connectivity index (χ4n) is 2.03. The minimum absolute atomic E-state index is 0.532. The molecule has 94 valence electrons. The molecule has 0 radical (unpaired) electrons. The maximum absolute atomic E-state index is 10.9. The number of rotatable bonds is 1. The van der Waals surface area contributed by atoms with Crippen molar-refractivity contribution < 1.29 is 9.90 Å². The van der Waals surface area contributed by atoms with Crippen molar-refractivity contribution in [3.05, 3.63) is 34.9 Å². The number of aliphatic hydroxyl groups is 1. The van der Waals surface area contributed by atoms with Gasteiger partial charge in [-0.15, -0.1) is 0 Å². The van der Waals surface area contributed by atoms with E-state index in [1.807, 2.05) is 6.92 Å². The van der Waals surface area contributed by atoms with Crippen LogP contribution in [0.2, 0.25) is 0 Å². The summed E-state index contributed by atoms with van der Waals surface area (Å²) in [6.45, 7) is 4.16. The van der Waals surface area contributed by atoms with Crippen molar-refractivity contribution in [2.24, 2.45) is 0 Å². The first-order valence-corrected chi connectivity index (χ1v) is 6.27. The van der Waals surface area contributed by atoms with Gasteiger partial charge in [0.2, 0.25) is 0 Å². The molecule has 0 amide bonds. The first kappa shape index (κ1) is 13.9. The van der Waals surface area contributed by atoms with Crippen molar-refractivity contribution in [2.75, 3.05) is 0 Å². The van der Waals surface area contributed by atoms with Crippen LogP contribution in [0.5, 0.6) is 0 Å². The van der Waals surface area contributed by atoms with Gasteiger partial charge in [0.1, 0.15) is 6.29 Å². The molecule has 17 heavy (non-hydrogen) atoms. The van der Waals surface area contributed by atoms with Crippen molar-refractivity contribution in [1.82, 2.24) is 0 Å². The summed E-state index contributed by atoms with van der Waals surface area (Å²) in [5.41, 5.74) is 3.27. The van der Waals surface area contributed by atoms with Crippen LogP contribution in [0.15, 0.2) is 34.9 Å². The van der Waals surface area contributed by atoms with Crippen LogP contribution in [0.3, 0.4) is 0 Å². The van der Waals surface area contributed by atoms with Crippen LogP contribution in [-0.4, -0.2) is 17.5 Å². The van der Waals surface area contributed by atoms with Gasteiger partial charge < -0.3 is 5.11 Å². The Morgan fingerprint density at radius 2 is 1.82 bits per heavy atom. The zero-order chi connectivity index (χ0) is 12.7. The number of hydrogen-bond donors (Lipinski definition) is 1. The van der Waals surface area contributed by atoms with Gasteiger partial charge in [0, 0.05) is 0 Å². The third-order valence-electron chi connectivity index (χ3n) is 3.05. The molecule has 0 aromatic rings. The second-order valence-electron chi connectivity index (χ2n) is 4.81. The Morgan fingerprint density at radius 3 is 2.53 bits per heavy atom. The summed E-state index contributed by atoms with van der Waals surface area (Å²) in [4.78, 5) is 10.9. The van der Waals surface area contributed by atoms with E-state index in [2.05, 4.69) is 19.1 Å². The number of aldehydes is 1. The lowest BCUT2D eigenvalue weighted by Crippen LogP contribution is -2.05. The van der Waals surface area contributed by atoms with E-state index in [4.69, 9.17) is 0 Å². The molecule has 1 N–H and O–H groups in total. The largest absolute Gasteiger partial charge is 0.389 e. The molecule has 0 bridgehead atoms. The Bertz CT molecular complexity index is 348. The van der Waals surface area contributed by atoms with E-state index >= 15 is 0 Å². The lowest BCUT2D eigenvalue weighted by Gasteiger charge is -2.09. The molecule has 1 rings (SSSR count). The Morgan fingerprint density at radius 1 is 1.18 bits per heavy atom. The summed E-state index contributed by atoms with van der Waals surface area (Å²) in [5, 5.41) is 9.83. The quantitative estimate of drug-likeness (QED) is 0.558. The van der Waals surface area contributed by atoms with Gasteiger partial charge in [-0.05, 0) is 57.6 Å². The van der Waals surface area contributed by atoms with E-state index < -0.39 is 6.10 Å². The minimum atomic E-state index is -0.532.